The Labute approximate surface area is 165 Å². The Kier molecular flexibility index (Phi) is 5.77. The van der Waals surface area contributed by atoms with Gasteiger partial charge in [0.25, 0.3) is 5.91 Å². The molecule has 0 fully saturated rings. The number of methoxy groups -OCH3 is 1. The van der Waals surface area contributed by atoms with Crippen molar-refractivity contribution in [3.8, 4) is 17.2 Å². The summed E-state index contributed by atoms with van der Waals surface area (Å²) in [6, 6.07) is 8.21. The number of anilines is 1. The molecule has 150 valence electrons. The SMILES string of the molecule is CCNC(=O)Nc1ccc(Oc2ccnc3cc(OC)c(C(N)=O)cc23)cc1F. The third kappa shape index (κ3) is 4.34. The van der Waals surface area contributed by atoms with Crippen molar-refractivity contribution in [2.75, 3.05) is 19.0 Å². The standard InChI is InChI=1S/C20H19FN4O4/c1-3-23-20(27)25-15-5-4-11(8-14(15)21)29-17-6-7-24-16-10-18(28-2)13(19(22)26)9-12(16)17/h4-10H,3H2,1-2H3,(H2,22,26)(H2,23,25,27). The van der Waals surface area contributed by atoms with Crippen LogP contribution in [-0.2, 0) is 0 Å². The van der Waals surface area contributed by atoms with Gasteiger partial charge < -0.3 is 25.8 Å². The molecule has 0 aliphatic rings. The van der Waals surface area contributed by atoms with Crippen molar-refractivity contribution in [2.45, 2.75) is 6.92 Å². The second kappa shape index (κ2) is 8.42. The normalized spacial score (nSPS) is 10.4. The molecule has 9 heteroatoms. The molecule has 29 heavy (non-hydrogen) atoms. The minimum atomic E-state index is -0.662. The van der Waals surface area contributed by atoms with Crippen LogP contribution in [0.25, 0.3) is 10.9 Å². The summed E-state index contributed by atoms with van der Waals surface area (Å²) in [5.41, 5.74) is 6.11. The number of halogens is 1. The van der Waals surface area contributed by atoms with Gasteiger partial charge in [0, 0.05) is 30.3 Å². The summed E-state index contributed by atoms with van der Waals surface area (Å²) in [7, 11) is 1.42. The van der Waals surface area contributed by atoms with Crippen molar-refractivity contribution in [1.29, 1.82) is 0 Å². The van der Waals surface area contributed by atoms with Crippen LogP contribution in [0.4, 0.5) is 14.9 Å². The Morgan fingerprint density at radius 1 is 1.17 bits per heavy atom. The average molecular weight is 398 g/mol. The van der Waals surface area contributed by atoms with Gasteiger partial charge in [-0.3, -0.25) is 9.78 Å². The summed E-state index contributed by atoms with van der Waals surface area (Å²) >= 11 is 0. The first kappa shape index (κ1) is 19.9. The van der Waals surface area contributed by atoms with Crippen LogP contribution in [0.5, 0.6) is 17.2 Å². The van der Waals surface area contributed by atoms with Gasteiger partial charge in [-0.05, 0) is 31.2 Å². The summed E-state index contributed by atoms with van der Waals surface area (Å²) in [5, 5.41) is 5.43. The van der Waals surface area contributed by atoms with Crippen LogP contribution < -0.4 is 25.8 Å². The molecule has 2 aromatic carbocycles. The molecular weight excluding hydrogens is 379 g/mol. The number of amides is 3. The fourth-order valence-corrected chi connectivity index (χ4v) is 2.71. The maximum Gasteiger partial charge on any atom is 0.319 e. The van der Waals surface area contributed by atoms with E-state index in [1.54, 1.807) is 19.1 Å². The number of aromatic nitrogens is 1. The molecule has 3 rings (SSSR count). The third-order valence-electron chi connectivity index (χ3n) is 4.04. The van der Waals surface area contributed by atoms with E-state index < -0.39 is 17.8 Å². The number of ether oxygens (including phenoxy) is 2. The Bertz CT molecular complexity index is 1090. The van der Waals surface area contributed by atoms with Gasteiger partial charge in [-0.25, -0.2) is 9.18 Å². The lowest BCUT2D eigenvalue weighted by Crippen LogP contribution is -2.28. The predicted molar refractivity (Wildman–Crippen MR) is 106 cm³/mol. The number of nitrogens with two attached hydrogens (primary N) is 1. The molecule has 0 bridgehead atoms. The number of hydrogen-bond acceptors (Lipinski definition) is 5. The second-order valence-electron chi connectivity index (χ2n) is 5.97. The van der Waals surface area contributed by atoms with Gasteiger partial charge in [0.1, 0.15) is 23.1 Å². The first-order chi connectivity index (χ1) is 13.9. The molecule has 3 amide bonds. The van der Waals surface area contributed by atoms with Crippen molar-refractivity contribution >= 4 is 28.5 Å². The lowest BCUT2D eigenvalue weighted by atomic mass is 10.1. The molecule has 0 saturated carbocycles. The minimum absolute atomic E-state index is 0.0173. The van der Waals surface area contributed by atoms with Crippen LogP contribution in [0.1, 0.15) is 17.3 Å². The molecule has 0 aliphatic heterocycles. The fraction of sp³-hybridized carbons (Fsp3) is 0.150. The Hall–Kier alpha value is -3.88. The molecule has 8 nitrogen and oxygen atoms in total. The van der Waals surface area contributed by atoms with Gasteiger partial charge in [-0.2, -0.15) is 0 Å². The van der Waals surface area contributed by atoms with E-state index in [4.69, 9.17) is 15.2 Å². The van der Waals surface area contributed by atoms with Crippen LogP contribution in [0.2, 0.25) is 0 Å². The van der Waals surface area contributed by atoms with E-state index in [1.165, 1.54) is 31.5 Å². The van der Waals surface area contributed by atoms with E-state index in [1.807, 2.05) is 0 Å². The molecule has 1 aromatic heterocycles. The number of benzene rings is 2. The van der Waals surface area contributed by atoms with Gasteiger partial charge in [-0.15, -0.1) is 0 Å². The lowest BCUT2D eigenvalue weighted by Gasteiger charge is -2.13. The van der Waals surface area contributed by atoms with Crippen molar-refractivity contribution in [1.82, 2.24) is 10.3 Å². The highest BCUT2D eigenvalue weighted by atomic mass is 19.1. The average Bonchev–Trinajstić information content (AvgIpc) is 2.69. The topological polar surface area (TPSA) is 116 Å². The third-order valence-corrected chi connectivity index (χ3v) is 4.04. The van der Waals surface area contributed by atoms with Crippen LogP contribution >= 0.6 is 0 Å². The molecule has 0 radical (unpaired) electrons. The predicted octanol–water partition coefficient (Wildman–Crippen LogP) is 3.42. The van der Waals surface area contributed by atoms with Crippen LogP contribution in [-0.4, -0.2) is 30.6 Å². The van der Waals surface area contributed by atoms with Gasteiger partial charge in [0.2, 0.25) is 0 Å². The number of nitrogens with zero attached hydrogens (tertiary/aromatic N) is 1. The first-order valence-corrected chi connectivity index (χ1v) is 8.71. The fourth-order valence-electron chi connectivity index (χ4n) is 2.71. The summed E-state index contributed by atoms with van der Waals surface area (Å²) in [5.74, 6) is -0.477. The molecular formula is C20H19FN4O4. The van der Waals surface area contributed by atoms with E-state index in [0.29, 0.717) is 28.9 Å². The number of pyridine rings is 1. The van der Waals surface area contributed by atoms with Gasteiger partial charge in [0.15, 0.2) is 0 Å². The Morgan fingerprint density at radius 2 is 1.97 bits per heavy atom. The van der Waals surface area contributed by atoms with Crippen molar-refractivity contribution in [3.05, 3.63) is 54.0 Å². The zero-order valence-electron chi connectivity index (χ0n) is 15.8. The molecule has 0 aliphatic carbocycles. The molecule has 4 N–H and O–H groups in total. The number of fused-ring (bicyclic) bond motifs is 1. The second-order valence-corrected chi connectivity index (χ2v) is 5.97. The highest BCUT2D eigenvalue weighted by Gasteiger charge is 2.15. The van der Waals surface area contributed by atoms with E-state index >= 15 is 0 Å². The van der Waals surface area contributed by atoms with E-state index in [9.17, 15) is 14.0 Å². The lowest BCUT2D eigenvalue weighted by molar-refractivity contribution is 0.0997. The summed E-state index contributed by atoms with van der Waals surface area (Å²) in [6.07, 6.45) is 1.52. The van der Waals surface area contributed by atoms with Crippen LogP contribution in [0, 0.1) is 5.82 Å². The van der Waals surface area contributed by atoms with Crippen LogP contribution in [0.15, 0.2) is 42.6 Å². The highest BCUT2D eigenvalue weighted by Crippen LogP contribution is 2.34. The maximum absolute atomic E-state index is 14.3. The molecule has 1 heterocycles. The number of urea groups is 1. The van der Waals surface area contributed by atoms with Crippen LogP contribution in [0.3, 0.4) is 0 Å². The smallest absolute Gasteiger partial charge is 0.319 e. The number of nitrogens with one attached hydrogen (secondary N) is 2. The highest BCUT2D eigenvalue weighted by molar-refractivity contribution is 6.01. The zero-order chi connectivity index (χ0) is 21.0. The molecule has 0 unspecified atom stereocenters. The number of carbonyl (C=O) groups excluding carboxylic acids is 2. The number of rotatable bonds is 6. The molecule has 0 atom stereocenters. The summed E-state index contributed by atoms with van der Waals surface area (Å²) < 4.78 is 25.3. The Balaban J connectivity index is 1.94. The summed E-state index contributed by atoms with van der Waals surface area (Å²) in [4.78, 5) is 27.5. The summed E-state index contributed by atoms with van der Waals surface area (Å²) in [6.45, 7) is 2.17. The van der Waals surface area contributed by atoms with Gasteiger partial charge in [0.05, 0.1) is 23.9 Å². The van der Waals surface area contributed by atoms with E-state index in [2.05, 4.69) is 15.6 Å². The molecule has 0 spiro atoms. The minimum Gasteiger partial charge on any atom is -0.496 e. The Morgan fingerprint density at radius 3 is 2.62 bits per heavy atom. The van der Waals surface area contributed by atoms with E-state index in [-0.39, 0.29) is 17.0 Å². The van der Waals surface area contributed by atoms with Crippen molar-refractivity contribution < 1.29 is 23.5 Å². The number of primary amides is 1. The quantitative estimate of drug-likeness (QED) is 0.588. The van der Waals surface area contributed by atoms with E-state index in [0.717, 1.165) is 6.07 Å². The van der Waals surface area contributed by atoms with Crippen molar-refractivity contribution in [3.63, 3.8) is 0 Å². The maximum atomic E-state index is 14.3. The molecule has 0 saturated heterocycles. The largest absolute Gasteiger partial charge is 0.496 e. The van der Waals surface area contributed by atoms with Gasteiger partial charge >= 0.3 is 6.03 Å². The first-order valence-electron chi connectivity index (χ1n) is 8.71. The van der Waals surface area contributed by atoms with Gasteiger partial charge in [-0.1, -0.05) is 0 Å². The zero-order valence-corrected chi connectivity index (χ0v) is 15.8. The number of carbonyl (C=O) groups is 2. The number of hydrogen-bond donors (Lipinski definition) is 3. The molecule has 3 aromatic rings. The van der Waals surface area contributed by atoms with Crippen molar-refractivity contribution in [2.24, 2.45) is 5.73 Å². The monoisotopic (exact) mass is 398 g/mol.